The van der Waals surface area contributed by atoms with Crippen molar-refractivity contribution in [1.82, 2.24) is 0 Å². The molecule has 0 heterocycles. The highest BCUT2D eigenvalue weighted by Gasteiger charge is 2.11. The minimum absolute atomic E-state index is 0.224. The van der Waals surface area contributed by atoms with Gasteiger partial charge in [-0.2, -0.15) is 0 Å². The van der Waals surface area contributed by atoms with Crippen molar-refractivity contribution in [2.45, 2.75) is 13.3 Å². The van der Waals surface area contributed by atoms with Crippen LogP contribution >= 0.6 is 7.60 Å². The average molecular weight is 180 g/mol. The smallest absolute Gasteiger partial charge is 0.350 e. The van der Waals surface area contributed by atoms with Crippen molar-refractivity contribution in [3.05, 3.63) is 12.2 Å². The third-order valence-corrected chi connectivity index (χ3v) is 1.58. The molecule has 0 spiro atoms. The van der Waals surface area contributed by atoms with Crippen molar-refractivity contribution in [3.63, 3.8) is 0 Å². The lowest BCUT2D eigenvalue weighted by Crippen LogP contribution is -1.99. The summed E-state index contributed by atoms with van der Waals surface area (Å²) >= 11 is 0. The zero-order chi connectivity index (χ0) is 8.91. The third-order valence-electron chi connectivity index (χ3n) is 1.07. The van der Waals surface area contributed by atoms with E-state index in [4.69, 9.17) is 9.79 Å². The van der Waals surface area contributed by atoms with Crippen LogP contribution in [0.4, 0.5) is 0 Å². The molecule has 0 aromatic heterocycles. The van der Waals surface area contributed by atoms with E-state index in [1.807, 2.05) is 6.92 Å². The molecule has 0 atom stereocenters. The molecule has 66 valence electrons. The minimum atomic E-state index is -4.00. The van der Waals surface area contributed by atoms with Gasteiger partial charge in [-0.15, -0.1) is 0 Å². The van der Waals surface area contributed by atoms with Gasteiger partial charge in [0.25, 0.3) is 0 Å². The Hall–Kier alpha value is -0.150. The van der Waals surface area contributed by atoms with Gasteiger partial charge in [0.15, 0.2) is 0 Å². The molecule has 0 aliphatic heterocycles. The van der Waals surface area contributed by atoms with Crippen LogP contribution < -0.4 is 0 Å². The molecule has 0 saturated carbocycles. The second-order valence-corrected chi connectivity index (χ2v) is 3.83. The molecule has 11 heavy (non-hydrogen) atoms. The lowest BCUT2D eigenvalue weighted by atomic mass is 10.3. The van der Waals surface area contributed by atoms with Crippen LogP contribution in [0.25, 0.3) is 0 Å². The summed E-state index contributed by atoms with van der Waals surface area (Å²) in [5, 5.41) is 0. The standard InChI is InChI=1S/C6H13O4P/c1-3-6(2)4-10-5-11(7,8)9/h2-5H2,1H3,(H2,7,8,9). The Labute approximate surface area is 66.0 Å². The summed E-state index contributed by atoms with van der Waals surface area (Å²) in [6, 6.07) is 0. The van der Waals surface area contributed by atoms with Gasteiger partial charge in [0.2, 0.25) is 0 Å². The number of hydrogen-bond donors (Lipinski definition) is 2. The molecular weight excluding hydrogens is 167 g/mol. The molecule has 0 aliphatic carbocycles. The summed E-state index contributed by atoms with van der Waals surface area (Å²) in [4.78, 5) is 16.7. The SMILES string of the molecule is C=C(CC)COCP(=O)(O)O. The monoisotopic (exact) mass is 180 g/mol. The van der Waals surface area contributed by atoms with Gasteiger partial charge < -0.3 is 14.5 Å². The highest BCUT2D eigenvalue weighted by Crippen LogP contribution is 2.33. The van der Waals surface area contributed by atoms with E-state index in [0.29, 0.717) is 0 Å². The van der Waals surface area contributed by atoms with Gasteiger partial charge in [0, 0.05) is 0 Å². The second kappa shape index (κ2) is 4.67. The fraction of sp³-hybridized carbons (Fsp3) is 0.667. The van der Waals surface area contributed by atoms with Crippen LogP contribution in [0.3, 0.4) is 0 Å². The van der Waals surface area contributed by atoms with E-state index >= 15 is 0 Å². The Morgan fingerprint density at radius 2 is 2.18 bits per heavy atom. The first-order valence-electron chi connectivity index (χ1n) is 3.24. The van der Waals surface area contributed by atoms with Gasteiger partial charge in [0.1, 0.15) is 6.35 Å². The van der Waals surface area contributed by atoms with Gasteiger partial charge in [-0.1, -0.05) is 19.1 Å². The molecule has 0 bridgehead atoms. The largest absolute Gasteiger partial charge is 0.365 e. The van der Waals surface area contributed by atoms with Gasteiger partial charge in [0.05, 0.1) is 6.61 Å². The lowest BCUT2D eigenvalue weighted by molar-refractivity contribution is 0.177. The highest BCUT2D eigenvalue weighted by atomic mass is 31.2. The number of ether oxygens (including phenoxy) is 1. The predicted molar refractivity (Wildman–Crippen MR) is 42.3 cm³/mol. The Kier molecular flexibility index (Phi) is 4.61. The van der Waals surface area contributed by atoms with Crippen molar-refractivity contribution in [3.8, 4) is 0 Å². The first-order valence-corrected chi connectivity index (χ1v) is 5.04. The van der Waals surface area contributed by atoms with Crippen LogP contribution in [-0.4, -0.2) is 22.7 Å². The maximum atomic E-state index is 10.2. The molecule has 0 saturated heterocycles. The number of rotatable bonds is 5. The van der Waals surface area contributed by atoms with Crippen LogP contribution in [0.5, 0.6) is 0 Å². The van der Waals surface area contributed by atoms with Crippen LogP contribution in [0.1, 0.15) is 13.3 Å². The first-order chi connectivity index (χ1) is 4.95. The van der Waals surface area contributed by atoms with Crippen LogP contribution in [0.15, 0.2) is 12.2 Å². The fourth-order valence-electron chi connectivity index (χ4n) is 0.411. The van der Waals surface area contributed by atoms with Gasteiger partial charge in [-0.05, 0) is 6.42 Å². The van der Waals surface area contributed by atoms with Gasteiger partial charge in [-0.25, -0.2) is 0 Å². The molecule has 0 aromatic rings. The maximum absolute atomic E-state index is 10.2. The molecule has 2 N–H and O–H groups in total. The summed E-state index contributed by atoms with van der Waals surface area (Å²) in [7, 11) is -4.00. The molecule has 0 amide bonds. The number of hydrogen-bond acceptors (Lipinski definition) is 2. The maximum Gasteiger partial charge on any atom is 0.350 e. The zero-order valence-electron chi connectivity index (χ0n) is 6.49. The molecule has 0 rings (SSSR count). The van der Waals surface area contributed by atoms with Crippen LogP contribution in [0, 0.1) is 0 Å². The van der Waals surface area contributed by atoms with Crippen molar-refractivity contribution in [1.29, 1.82) is 0 Å². The van der Waals surface area contributed by atoms with Gasteiger partial charge >= 0.3 is 7.60 Å². The minimum Gasteiger partial charge on any atom is -0.365 e. The third kappa shape index (κ3) is 7.75. The summed E-state index contributed by atoms with van der Waals surface area (Å²) in [6.45, 7) is 5.74. The Morgan fingerprint density at radius 3 is 2.55 bits per heavy atom. The summed E-state index contributed by atoms with van der Waals surface area (Å²) in [6.07, 6.45) is 0.243. The van der Waals surface area contributed by atoms with E-state index in [-0.39, 0.29) is 6.61 Å². The van der Waals surface area contributed by atoms with Crippen molar-refractivity contribution >= 4 is 7.60 Å². The normalized spacial score (nSPS) is 11.5. The van der Waals surface area contributed by atoms with Gasteiger partial charge in [-0.3, -0.25) is 4.57 Å². The van der Waals surface area contributed by atoms with Crippen molar-refractivity contribution in [2.24, 2.45) is 0 Å². The van der Waals surface area contributed by atoms with E-state index in [9.17, 15) is 4.57 Å². The van der Waals surface area contributed by atoms with E-state index in [2.05, 4.69) is 11.3 Å². The fourth-order valence-corrected chi connectivity index (χ4v) is 0.740. The summed E-state index contributed by atoms with van der Waals surface area (Å²) in [5.74, 6) is 0. The Bertz CT molecular complexity index is 171. The molecule has 5 heteroatoms. The predicted octanol–water partition coefficient (Wildman–Crippen LogP) is 1.10. The summed E-state index contributed by atoms with van der Waals surface area (Å²) in [5.41, 5.74) is 0.832. The molecule has 0 radical (unpaired) electrons. The van der Waals surface area contributed by atoms with Crippen LogP contribution in [0.2, 0.25) is 0 Å². The quantitative estimate of drug-likeness (QED) is 0.491. The molecule has 4 nitrogen and oxygen atoms in total. The second-order valence-electron chi connectivity index (χ2n) is 2.25. The lowest BCUT2D eigenvalue weighted by Gasteiger charge is -2.05. The molecule has 0 aromatic carbocycles. The van der Waals surface area contributed by atoms with Crippen LogP contribution in [-0.2, 0) is 9.30 Å². The van der Waals surface area contributed by atoms with E-state index < -0.39 is 13.9 Å². The van der Waals surface area contributed by atoms with E-state index in [1.54, 1.807) is 0 Å². The topological polar surface area (TPSA) is 66.8 Å². The molecule has 0 unspecified atom stereocenters. The van der Waals surface area contributed by atoms with Crippen molar-refractivity contribution < 1.29 is 19.1 Å². The summed E-state index contributed by atoms with van der Waals surface area (Å²) < 4.78 is 14.9. The molecule has 0 fully saturated rings. The Balaban J connectivity index is 3.43. The first kappa shape index (κ1) is 10.8. The zero-order valence-corrected chi connectivity index (χ0v) is 7.38. The van der Waals surface area contributed by atoms with E-state index in [1.165, 1.54) is 0 Å². The highest BCUT2D eigenvalue weighted by molar-refractivity contribution is 7.51. The molecule has 0 aliphatic rings. The van der Waals surface area contributed by atoms with Crippen molar-refractivity contribution in [2.75, 3.05) is 13.0 Å². The Morgan fingerprint density at radius 1 is 1.64 bits per heavy atom. The molecular formula is C6H13O4P. The average Bonchev–Trinajstić information content (AvgIpc) is 1.85. The van der Waals surface area contributed by atoms with E-state index in [0.717, 1.165) is 12.0 Å².